The van der Waals surface area contributed by atoms with Gasteiger partial charge in [0, 0.05) is 23.6 Å². The van der Waals surface area contributed by atoms with Gasteiger partial charge >= 0.3 is 6.09 Å². The molecule has 2 aliphatic heterocycles. The first-order valence-electron chi connectivity index (χ1n) is 13.5. The number of ether oxygens (including phenoxy) is 3. The molecule has 44 heavy (non-hydrogen) atoms. The van der Waals surface area contributed by atoms with E-state index in [2.05, 4.69) is 4.74 Å². The third-order valence-corrected chi connectivity index (χ3v) is 10.5. The molecular weight excluding hydrogens is 622 g/mol. The van der Waals surface area contributed by atoms with E-state index in [4.69, 9.17) is 32.7 Å². The number of amides is 5. The molecule has 4 aliphatic rings. The fraction of sp³-hybridized carbons (Fsp3) is 0.367. The molecule has 2 aliphatic carbocycles. The molecule has 6 atom stereocenters. The lowest BCUT2D eigenvalue weighted by molar-refractivity contribution is -0.138. The van der Waals surface area contributed by atoms with Crippen LogP contribution in [-0.2, 0) is 23.9 Å². The van der Waals surface area contributed by atoms with Gasteiger partial charge in [0.2, 0.25) is 11.8 Å². The van der Waals surface area contributed by atoms with E-state index in [9.17, 15) is 33.5 Å². The highest BCUT2D eigenvalue weighted by Crippen LogP contribution is 2.67. The van der Waals surface area contributed by atoms with Crippen LogP contribution in [0.15, 0.2) is 48.0 Å². The molecule has 3 fully saturated rings. The Balaban J connectivity index is 1.60. The van der Waals surface area contributed by atoms with Crippen molar-refractivity contribution >= 4 is 58.6 Å². The predicted octanol–water partition coefficient (Wildman–Crippen LogP) is 3.88. The van der Waals surface area contributed by atoms with Crippen molar-refractivity contribution in [1.82, 2.24) is 4.90 Å². The SMILES string of the molecule is COC(=O)N1C(=O)C2CC=C3C(CC4(Cl)C(=O)N(c5ccc(F)cc5)C(=O)C4(Cl)C3c3c(O)cc(OC)cc3OC)C2C1=O. The minimum Gasteiger partial charge on any atom is -0.507 e. The van der Waals surface area contributed by atoms with E-state index in [0.29, 0.717) is 10.5 Å². The smallest absolute Gasteiger partial charge is 0.423 e. The number of carbonyl (C=O) groups excluding carboxylic acids is 5. The molecule has 2 aromatic rings. The average Bonchev–Trinajstić information content (AvgIpc) is 3.35. The van der Waals surface area contributed by atoms with E-state index in [-0.39, 0.29) is 35.6 Å². The molecule has 11 nitrogen and oxygen atoms in total. The van der Waals surface area contributed by atoms with Crippen molar-refractivity contribution in [3.05, 3.63) is 59.4 Å². The highest BCUT2D eigenvalue weighted by atomic mass is 35.5. The van der Waals surface area contributed by atoms with Gasteiger partial charge in [-0.25, -0.2) is 14.1 Å². The van der Waals surface area contributed by atoms with E-state index in [1.807, 2.05) is 0 Å². The third kappa shape index (κ3) is 3.76. The molecule has 6 rings (SSSR count). The maximum atomic E-state index is 14.4. The molecule has 0 aromatic heterocycles. The van der Waals surface area contributed by atoms with Crippen LogP contribution in [0.25, 0.3) is 0 Å². The predicted molar refractivity (Wildman–Crippen MR) is 152 cm³/mol. The Labute approximate surface area is 260 Å². The van der Waals surface area contributed by atoms with Crippen molar-refractivity contribution in [3.63, 3.8) is 0 Å². The van der Waals surface area contributed by atoms with Crippen LogP contribution in [0.3, 0.4) is 0 Å². The zero-order chi connectivity index (χ0) is 31.9. The van der Waals surface area contributed by atoms with Crippen molar-refractivity contribution in [3.8, 4) is 17.2 Å². The number of allylic oxidation sites excluding steroid dienone is 2. The number of benzene rings is 2. The van der Waals surface area contributed by atoms with Gasteiger partial charge in [-0.3, -0.25) is 19.2 Å². The zero-order valence-electron chi connectivity index (χ0n) is 23.5. The molecule has 0 radical (unpaired) electrons. The fourth-order valence-corrected chi connectivity index (χ4v) is 8.07. The van der Waals surface area contributed by atoms with E-state index < -0.39 is 74.7 Å². The van der Waals surface area contributed by atoms with Crippen LogP contribution >= 0.6 is 23.2 Å². The number of rotatable bonds is 4. The number of hydrogen-bond donors (Lipinski definition) is 1. The Kier molecular flexibility index (Phi) is 6.93. The quantitative estimate of drug-likeness (QED) is 0.298. The van der Waals surface area contributed by atoms with Crippen LogP contribution in [-0.4, -0.2) is 70.8 Å². The van der Waals surface area contributed by atoms with Crippen molar-refractivity contribution in [2.75, 3.05) is 26.2 Å². The number of anilines is 1. The Morgan fingerprint density at radius 1 is 0.977 bits per heavy atom. The van der Waals surface area contributed by atoms with Crippen LogP contribution in [0.1, 0.15) is 24.3 Å². The van der Waals surface area contributed by atoms with Gasteiger partial charge in [-0.15, -0.1) is 23.2 Å². The van der Waals surface area contributed by atoms with Gasteiger partial charge in [0.1, 0.15) is 23.1 Å². The number of alkyl halides is 2. The fourth-order valence-electron chi connectivity index (χ4n) is 7.15. The molecule has 6 unspecified atom stereocenters. The summed E-state index contributed by atoms with van der Waals surface area (Å²) in [5.41, 5.74) is 0.344. The van der Waals surface area contributed by atoms with Gasteiger partial charge < -0.3 is 19.3 Å². The molecule has 5 amide bonds. The van der Waals surface area contributed by atoms with E-state index in [1.54, 1.807) is 6.08 Å². The Morgan fingerprint density at radius 3 is 2.27 bits per heavy atom. The van der Waals surface area contributed by atoms with Gasteiger partial charge in [-0.1, -0.05) is 11.6 Å². The molecular formula is C30H25Cl2FN2O9. The lowest BCUT2D eigenvalue weighted by atomic mass is 9.56. The summed E-state index contributed by atoms with van der Waals surface area (Å²) in [6, 6.07) is 7.28. The Hall–Kier alpha value is -4.16. The number of phenols is 1. The molecule has 2 saturated heterocycles. The summed E-state index contributed by atoms with van der Waals surface area (Å²) in [7, 11) is 3.72. The molecule has 2 aromatic carbocycles. The summed E-state index contributed by atoms with van der Waals surface area (Å²) in [6.45, 7) is 0. The lowest BCUT2D eigenvalue weighted by Gasteiger charge is -2.50. The average molecular weight is 647 g/mol. The first kappa shape index (κ1) is 29.9. The van der Waals surface area contributed by atoms with Crippen LogP contribution in [0.5, 0.6) is 17.2 Å². The molecule has 230 valence electrons. The summed E-state index contributed by atoms with van der Waals surface area (Å²) < 4.78 is 29.3. The molecule has 1 saturated carbocycles. The highest BCUT2D eigenvalue weighted by molar-refractivity contribution is 6.58. The maximum Gasteiger partial charge on any atom is 0.423 e. The highest BCUT2D eigenvalue weighted by Gasteiger charge is 2.77. The zero-order valence-corrected chi connectivity index (χ0v) is 25.0. The number of aromatic hydroxyl groups is 1. The summed E-state index contributed by atoms with van der Waals surface area (Å²) in [5.74, 6) is -8.76. The first-order chi connectivity index (χ1) is 20.8. The number of phenolic OH excluding ortho intramolecular Hbond substituents is 1. The second-order valence-corrected chi connectivity index (χ2v) is 12.2. The van der Waals surface area contributed by atoms with Gasteiger partial charge in [-0.05, 0) is 43.0 Å². The first-order valence-corrected chi connectivity index (χ1v) is 14.2. The van der Waals surface area contributed by atoms with Gasteiger partial charge in [0.25, 0.3) is 11.8 Å². The number of likely N-dealkylation sites (tertiary alicyclic amines) is 1. The second-order valence-electron chi connectivity index (χ2n) is 11.0. The summed E-state index contributed by atoms with van der Waals surface area (Å²) in [6.07, 6.45) is 0.0810. The number of imide groups is 4. The monoisotopic (exact) mass is 646 g/mol. The maximum absolute atomic E-state index is 14.4. The Bertz CT molecular complexity index is 1680. The number of carbonyl (C=O) groups is 5. The molecule has 14 heteroatoms. The van der Waals surface area contributed by atoms with Gasteiger partial charge in [0.05, 0.1) is 38.9 Å². The van der Waals surface area contributed by atoms with Crippen LogP contribution < -0.4 is 14.4 Å². The van der Waals surface area contributed by atoms with Crippen molar-refractivity contribution in [1.29, 1.82) is 0 Å². The molecule has 1 N–H and O–H groups in total. The largest absolute Gasteiger partial charge is 0.507 e. The Morgan fingerprint density at radius 2 is 1.66 bits per heavy atom. The van der Waals surface area contributed by atoms with E-state index in [0.717, 1.165) is 24.1 Å². The molecule has 2 heterocycles. The van der Waals surface area contributed by atoms with Crippen molar-refractivity contribution in [2.45, 2.75) is 28.5 Å². The topological polar surface area (TPSA) is 140 Å². The summed E-state index contributed by atoms with van der Waals surface area (Å²) in [5, 5.41) is 11.4. The summed E-state index contributed by atoms with van der Waals surface area (Å²) in [4.78, 5) is 64.6. The van der Waals surface area contributed by atoms with E-state index in [1.165, 1.54) is 38.5 Å². The minimum atomic E-state index is -2.30. The number of nitrogens with zero attached hydrogens (tertiary/aromatic N) is 2. The third-order valence-electron chi connectivity index (χ3n) is 9.09. The number of methoxy groups -OCH3 is 3. The van der Waals surface area contributed by atoms with Crippen molar-refractivity contribution < 1.29 is 47.7 Å². The summed E-state index contributed by atoms with van der Waals surface area (Å²) >= 11 is 14.6. The molecule has 0 bridgehead atoms. The number of halogens is 3. The lowest BCUT2D eigenvalue weighted by Crippen LogP contribution is -2.60. The van der Waals surface area contributed by atoms with Crippen molar-refractivity contribution in [2.24, 2.45) is 17.8 Å². The van der Waals surface area contributed by atoms with Crippen LogP contribution in [0.2, 0.25) is 0 Å². The van der Waals surface area contributed by atoms with Crippen LogP contribution in [0, 0.1) is 23.6 Å². The number of fused-ring (bicyclic) bond motifs is 4. The second kappa shape index (κ2) is 10.2. The number of hydrogen-bond acceptors (Lipinski definition) is 9. The standard InChI is InChI=1S/C30H25Cl2FN2O9/c1-42-15-10-19(36)22(20(11-15)43-2)23-16-8-9-17-21(25(38)35(24(17)37)28(41)44-3)18(16)12-29(31)26(39)34(27(40)30(23,29)32)14-6-4-13(33)5-7-14/h4-8,10-11,17-18,21,23,36H,9,12H2,1-3H3. The normalized spacial score (nSPS) is 30.9. The van der Waals surface area contributed by atoms with E-state index >= 15 is 0 Å². The van der Waals surface area contributed by atoms with Crippen LogP contribution in [0.4, 0.5) is 14.9 Å². The van der Waals surface area contributed by atoms with Gasteiger partial charge in [-0.2, -0.15) is 4.90 Å². The minimum absolute atomic E-state index is 0.000618. The molecule has 0 spiro atoms. The van der Waals surface area contributed by atoms with Gasteiger partial charge in [0.15, 0.2) is 9.75 Å².